The van der Waals surface area contributed by atoms with Crippen molar-refractivity contribution in [2.24, 2.45) is 0 Å². The zero-order valence-electron chi connectivity index (χ0n) is 15.3. The van der Waals surface area contributed by atoms with Gasteiger partial charge in [-0.15, -0.1) is 0 Å². The summed E-state index contributed by atoms with van der Waals surface area (Å²) in [7, 11) is 0. The first kappa shape index (κ1) is 18.8. The number of thiazole rings is 1. The number of phenols is 1. The van der Waals surface area contributed by atoms with Crippen LogP contribution in [0.1, 0.15) is 20.8 Å². The maximum Gasteiger partial charge on any atom is 0.267 e. The molecule has 2 heterocycles. The van der Waals surface area contributed by atoms with Crippen LogP contribution in [0, 0.1) is 25.5 Å². The summed E-state index contributed by atoms with van der Waals surface area (Å²) in [5, 5.41) is 22.4. The van der Waals surface area contributed by atoms with Gasteiger partial charge in [-0.05, 0) is 31.5 Å². The van der Waals surface area contributed by atoms with Crippen LogP contribution in [-0.2, 0) is 0 Å². The minimum atomic E-state index is -0.763. The van der Waals surface area contributed by atoms with Crippen LogP contribution in [0.5, 0.6) is 5.75 Å². The summed E-state index contributed by atoms with van der Waals surface area (Å²) in [6.45, 7) is 3.53. The van der Waals surface area contributed by atoms with Crippen molar-refractivity contribution in [2.45, 2.75) is 13.8 Å². The number of rotatable bonds is 4. The number of benzene rings is 2. The fraction of sp³-hybridized carbons (Fsp3) is 0.105. The van der Waals surface area contributed by atoms with Crippen LogP contribution in [0.15, 0.2) is 30.5 Å². The van der Waals surface area contributed by atoms with Gasteiger partial charge < -0.3 is 15.7 Å². The van der Waals surface area contributed by atoms with Crippen LogP contribution in [0.2, 0.25) is 0 Å². The highest BCUT2D eigenvalue weighted by molar-refractivity contribution is 7.17. The topological polar surface area (TPSA) is 103 Å². The maximum atomic E-state index is 14.1. The number of aromatic nitrogens is 3. The Hall–Kier alpha value is -3.53. The first-order chi connectivity index (χ1) is 13.8. The lowest BCUT2D eigenvalue weighted by Gasteiger charge is -2.11. The number of carbonyl (C=O) groups excluding carboxylic acids is 1. The normalized spacial score (nSPS) is 11.0. The Morgan fingerprint density at radius 2 is 2.03 bits per heavy atom. The highest BCUT2D eigenvalue weighted by atomic mass is 32.1. The van der Waals surface area contributed by atoms with Crippen molar-refractivity contribution in [3.05, 3.63) is 58.1 Å². The molecule has 0 aliphatic heterocycles. The summed E-state index contributed by atoms with van der Waals surface area (Å²) in [5.41, 5.74) is 2.10. The molecular formula is C19H15F2N5O2S. The van der Waals surface area contributed by atoms with E-state index in [1.165, 1.54) is 6.20 Å². The molecule has 2 aromatic carbocycles. The fourth-order valence-electron chi connectivity index (χ4n) is 2.91. The summed E-state index contributed by atoms with van der Waals surface area (Å²) in [6.07, 6.45) is 1.38. The molecule has 7 nitrogen and oxygen atoms in total. The van der Waals surface area contributed by atoms with E-state index in [0.29, 0.717) is 21.3 Å². The molecule has 1 amide bonds. The molecule has 10 heteroatoms. The van der Waals surface area contributed by atoms with Gasteiger partial charge in [0.05, 0.1) is 22.8 Å². The molecule has 0 atom stereocenters. The molecule has 0 aliphatic carbocycles. The molecule has 148 valence electrons. The van der Waals surface area contributed by atoms with Gasteiger partial charge in [-0.2, -0.15) is 5.10 Å². The summed E-state index contributed by atoms with van der Waals surface area (Å²) >= 11 is 1.04. The standard InChI is InChI=1S/C19H15F2N5O2S/c1-8-3-4-13(27)9(2)16(8)23-18(28)14-7-22-19(29-14)24-17-15-11(21)5-10(20)6-12(15)25-26-17/h3-7,27H,1-2H3,(H,23,28)(H2,22,24,25,26). The maximum absolute atomic E-state index is 14.1. The molecule has 0 bridgehead atoms. The van der Waals surface area contributed by atoms with E-state index < -0.39 is 17.5 Å². The lowest BCUT2D eigenvalue weighted by Crippen LogP contribution is -2.12. The molecule has 0 radical (unpaired) electrons. The van der Waals surface area contributed by atoms with Crippen molar-refractivity contribution in [1.29, 1.82) is 0 Å². The van der Waals surface area contributed by atoms with E-state index in [-0.39, 0.29) is 22.5 Å². The summed E-state index contributed by atoms with van der Waals surface area (Å²) in [6, 6.07) is 5.17. The first-order valence-electron chi connectivity index (χ1n) is 8.50. The number of anilines is 3. The van der Waals surface area contributed by atoms with Crippen molar-refractivity contribution < 1.29 is 18.7 Å². The first-order valence-corrected chi connectivity index (χ1v) is 9.31. The van der Waals surface area contributed by atoms with Gasteiger partial charge in [0.25, 0.3) is 5.91 Å². The van der Waals surface area contributed by atoms with Crippen LogP contribution in [0.3, 0.4) is 0 Å². The number of phenolic OH excluding ortho intramolecular Hbond substituents is 1. The van der Waals surface area contributed by atoms with E-state index in [1.807, 2.05) is 6.92 Å². The number of halogens is 2. The van der Waals surface area contributed by atoms with Crippen LogP contribution < -0.4 is 10.6 Å². The average Bonchev–Trinajstić information content (AvgIpc) is 3.29. The zero-order valence-corrected chi connectivity index (χ0v) is 16.1. The number of amides is 1. The van der Waals surface area contributed by atoms with Gasteiger partial charge in [0, 0.05) is 11.6 Å². The largest absolute Gasteiger partial charge is 0.508 e. The molecule has 0 saturated carbocycles. The van der Waals surface area contributed by atoms with Gasteiger partial charge in [0.1, 0.15) is 22.3 Å². The van der Waals surface area contributed by atoms with E-state index in [1.54, 1.807) is 19.1 Å². The number of nitrogens with one attached hydrogen (secondary N) is 3. The third-order valence-electron chi connectivity index (χ3n) is 4.42. The minimum Gasteiger partial charge on any atom is -0.508 e. The summed E-state index contributed by atoms with van der Waals surface area (Å²) in [4.78, 5) is 17.0. The monoisotopic (exact) mass is 415 g/mol. The lowest BCUT2D eigenvalue weighted by atomic mass is 10.1. The van der Waals surface area contributed by atoms with Crippen molar-refractivity contribution in [1.82, 2.24) is 15.2 Å². The molecule has 0 unspecified atom stereocenters. The number of aromatic amines is 1. The predicted octanol–water partition coefficient (Wildman–Crippen LogP) is 4.62. The molecule has 4 aromatic rings. The third-order valence-corrected chi connectivity index (χ3v) is 5.33. The quantitative estimate of drug-likeness (QED) is 0.390. The van der Waals surface area contributed by atoms with Crippen molar-refractivity contribution in [3.8, 4) is 5.75 Å². The second-order valence-corrected chi connectivity index (χ2v) is 7.42. The van der Waals surface area contributed by atoms with Gasteiger partial charge in [-0.1, -0.05) is 17.4 Å². The lowest BCUT2D eigenvalue weighted by molar-refractivity contribution is 0.103. The van der Waals surface area contributed by atoms with Gasteiger partial charge in [0.15, 0.2) is 10.9 Å². The van der Waals surface area contributed by atoms with E-state index in [4.69, 9.17) is 0 Å². The number of hydrogen-bond acceptors (Lipinski definition) is 6. The smallest absolute Gasteiger partial charge is 0.267 e. The second-order valence-electron chi connectivity index (χ2n) is 6.39. The average molecular weight is 415 g/mol. The van der Waals surface area contributed by atoms with Crippen molar-refractivity contribution >= 4 is 44.8 Å². The minimum absolute atomic E-state index is 0.0847. The Morgan fingerprint density at radius 1 is 1.24 bits per heavy atom. The molecule has 29 heavy (non-hydrogen) atoms. The summed E-state index contributed by atoms with van der Waals surface area (Å²) < 4.78 is 27.4. The van der Waals surface area contributed by atoms with Crippen molar-refractivity contribution in [3.63, 3.8) is 0 Å². The molecule has 0 spiro atoms. The number of fused-ring (bicyclic) bond motifs is 1. The van der Waals surface area contributed by atoms with Crippen LogP contribution in [0.4, 0.5) is 25.4 Å². The molecule has 0 fully saturated rings. The van der Waals surface area contributed by atoms with Gasteiger partial charge >= 0.3 is 0 Å². The van der Waals surface area contributed by atoms with E-state index in [0.717, 1.165) is 29.0 Å². The molecule has 0 aliphatic rings. The Morgan fingerprint density at radius 3 is 2.83 bits per heavy atom. The molecule has 2 aromatic heterocycles. The van der Waals surface area contributed by atoms with E-state index in [2.05, 4.69) is 25.8 Å². The molecule has 0 saturated heterocycles. The second kappa shape index (κ2) is 7.13. The Labute approximate surface area is 167 Å². The van der Waals surface area contributed by atoms with E-state index in [9.17, 15) is 18.7 Å². The van der Waals surface area contributed by atoms with Crippen LogP contribution in [0.25, 0.3) is 10.9 Å². The van der Waals surface area contributed by atoms with Crippen molar-refractivity contribution in [2.75, 3.05) is 10.6 Å². The highest BCUT2D eigenvalue weighted by Gasteiger charge is 2.17. The van der Waals surface area contributed by atoms with Crippen LogP contribution >= 0.6 is 11.3 Å². The zero-order chi connectivity index (χ0) is 20.7. The van der Waals surface area contributed by atoms with Gasteiger partial charge in [-0.25, -0.2) is 13.8 Å². The predicted molar refractivity (Wildman–Crippen MR) is 107 cm³/mol. The third kappa shape index (κ3) is 3.49. The van der Waals surface area contributed by atoms with E-state index >= 15 is 0 Å². The molecular weight excluding hydrogens is 400 g/mol. The highest BCUT2D eigenvalue weighted by Crippen LogP contribution is 2.31. The molecule has 4 rings (SSSR count). The number of carbonyl (C=O) groups is 1. The Bertz CT molecular complexity index is 1250. The number of nitrogens with zero attached hydrogens (tertiary/aromatic N) is 2. The Balaban J connectivity index is 1.57. The van der Waals surface area contributed by atoms with Gasteiger partial charge in [0.2, 0.25) is 0 Å². The molecule has 4 N–H and O–H groups in total. The Kier molecular flexibility index (Phi) is 4.63. The van der Waals surface area contributed by atoms with Gasteiger partial charge in [-0.3, -0.25) is 9.89 Å². The number of hydrogen-bond donors (Lipinski definition) is 4. The van der Waals surface area contributed by atoms with Crippen LogP contribution in [-0.4, -0.2) is 26.2 Å². The number of H-pyrrole nitrogens is 1. The number of aryl methyl sites for hydroxylation is 1. The fourth-order valence-corrected chi connectivity index (χ4v) is 3.62. The SMILES string of the molecule is Cc1ccc(O)c(C)c1NC(=O)c1cnc(Nc2n[nH]c3cc(F)cc(F)c23)s1. The summed E-state index contributed by atoms with van der Waals surface area (Å²) in [5.74, 6) is -1.65. The number of aromatic hydroxyl groups is 1.